The van der Waals surface area contributed by atoms with Gasteiger partial charge in [0.25, 0.3) is 0 Å². The standard InChI is InChI=1S/C11H17NO4S2/c13-10(5-8-7-17-3-4-18-8)12-1-2-16-6-9(12)11(14)15/h8-9H,1-7H2,(H,14,15). The highest BCUT2D eigenvalue weighted by molar-refractivity contribution is 8.06. The van der Waals surface area contributed by atoms with E-state index in [4.69, 9.17) is 9.84 Å². The summed E-state index contributed by atoms with van der Waals surface area (Å²) in [5.74, 6) is 2.18. The van der Waals surface area contributed by atoms with E-state index in [-0.39, 0.29) is 12.5 Å². The van der Waals surface area contributed by atoms with Crippen molar-refractivity contribution in [3.05, 3.63) is 0 Å². The number of morpholine rings is 1. The molecule has 0 aromatic rings. The van der Waals surface area contributed by atoms with E-state index >= 15 is 0 Å². The van der Waals surface area contributed by atoms with Gasteiger partial charge in [-0.05, 0) is 0 Å². The van der Waals surface area contributed by atoms with Gasteiger partial charge < -0.3 is 14.7 Å². The highest BCUT2D eigenvalue weighted by atomic mass is 32.2. The SMILES string of the molecule is O=C(O)C1COCCN1C(=O)CC1CSCCS1. The van der Waals surface area contributed by atoms with E-state index in [1.165, 1.54) is 4.90 Å². The molecule has 5 nitrogen and oxygen atoms in total. The lowest BCUT2D eigenvalue weighted by molar-refractivity contribution is -0.158. The number of carboxylic acids is 1. The molecule has 0 aliphatic carbocycles. The fourth-order valence-corrected chi connectivity index (χ4v) is 4.74. The summed E-state index contributed by atoms with van der Waals surface area (Å²) in [5, 5.41) is 9.41. The number of rotatable bonds is 3. The molecule has 0 aromatic carbocycles. The number of hydrogen-bond acceptors (Lipinski definition) is 5. The number of nitrogens with zero attached hydrogens (tertiary/aromatic N) is 1. The van der Waals surface area contributed by atoms with Crippen LogP contribution in [0.2, 0.25) is 0 Å². The van der Waals surface area contributed by atoms with Crippen molar-refractivity contribution in [1.82, 2.24) is 4.90 Å². The summed E-state index contributed by atoms with van der Waals surface area (Å²) in [6.45, 7) is 0.927. The molecule has 2 aliphatic rings. The Morgan fingerprint density at radius 2 is 2.22 bits per heavy atom. The van der Waals surface area contributed by atoms with Gasteiger partial charge in [0.1, 0.15) is 0 Å². The monoisotopic (exact) mass is 291 g/mol. The van der Waals surface area contributed by atoms with E-state index in [2.05, 4.69) is 0 Å². The minimum atomic E-state index is -0.978. The number of hydrogen-bond donors (Lipinski definition) is 1. The predicted octanol–water partition coefficient (Wildman–Crippen LogP) is 0.537. The third kappa shape index (κ3) is 3.55. The summed E-state index contributed by atoms with van der Waals surface area (Å²) in [6.07, 6.45) is 0.446. The molecule has 18 heavy (non-hydrogen) atoms. The van der Waals surface area contributed by atoms with E-state index in [1.807, 2.05) is 23.5 Å². The van der Waals surface area contributed by atoms with Gasteiger partial charge in [-0.3, -0.25) is 4.79 Å². The Kier molecular flexibility index (Phi) is 5.20. The first-order chi connectivity index (χ1) is 8.68. The zero-order valence-electron chi connectivity index (χ0n) is 10.0. The van der Waals surface area contributed by atoms with Crippen molar-refractivity contribution in [2.45, 2.75) is 17.7 Å². The van der Waals surface area contributed by atoms with Crippen LogP contribution in [0.3, 0.4) is 0 Å². The summed E-state index contributed by atoms with van der Waals surface area (Å²) in [6, 6.07) is -0.813. The van der Waals surface area contributed by atoms with Gasteiger partial charge in [0.2, 0.25) is 5.91 Å². The molecule has 2 rings (SSSR count). The fraction of sp³-hybridized carbons (Fsp3) is 0.818. The third-order valence-corrected chi connectivity index (χ3v) is 5.87. The molecule has 0 aromatic heterocycles. The number of carbonyl (C=O) groups is 2. The number of ether oxygens (including phenoxy) is 1. The number of thioether (sulfide) groups is 2. The number of amides is 1. The minimum Gasteiger partial charge on any atom is -0.480 e. The smallest absolute Gasteiger partial charge is 0.328 e. The number of carbonyl (C=O) groups excluding carboxylic acids is 1. The molecule has 0 saturated carbocycles. The lowest BCUT2D eigenvalue weighted by atomic mass is 10.2. The highest BCUT2D eigenvalue weighted by Crippen LogP contribution is 2.27. The topological polar surface area (TPSA) is 66.8 Å². The van der Waals surface area contributed by atoms with Gasteiger partial charge in [-0.25, -0.2) is 4.79 Å². The van der Waals surface area contributed by atoms with Crippen LogP contribution >= 0.6 is 23.5 Å². The first-order valence-electron chi connectivity index (χ1n) is 5.98. The van der Waals surface area contributed by atoms with Gasteiger partial charge >= 0.3 is 5.97 Å². The number of aliphatic carboxylic acids is 1. The zero-order valence-corrected chi connectivity index (χ0v) is 11.7. The first kappa shape index (κ1) is 14.0. The van der Waals surface area contributed by atoms with Crippen LogP contribution in [0.15, 0.2) is 0 Å². The van der Waals surface area contributed by atoms with Crippen molar-refractivity contribution < 1.29 is 19.4 Å². The molecule has 0 spiro atoms. The fourth-order valence-electron chi connectivity index (χ4n) is 2.07. The molecular weight excluding hydrogens is 274 g/mol. The van der Waals surface area contributed by atoms with Crippen molar-refractivity contribution in [2.75, 3.05) is 37.0 Å². The summed E-state index contributed by atoms with van der Waals surface area (Å²) >= 11 is 3.68. The zero-order chi connectivity index (χ0) is 13.0. The van der Waals surface area contributed by atoms with E-state index in [9.17, 15) is 9.59 Å². The molecule has 2 unspecified atom stereocenters. The van der Waals surface area contributed by atoms with Crippen molar-refractivity contribution in [3.8, 4) is 0 Å². The summed E-state index contributed by atoms with van der Waals surface area (Å²) in [7, 11) is 0. The molecule has 0 radical (unpaired) electrons. The van der Waals surface area contributed by atoms with Crippen LogP contribution in [0, 0.1) is 0 Å². The largest absolute Gasteiger partial charge is 0.480 e. The van der Waals surface area contributed by atoms with Crippen LogP contribution in [-0.2, 0) is 14.3 Å². The van der Waals surface area contributed by atoms with Crippen LogP contribution in [0.25, 0.3) is 0 Å². The Hall–Kier alpha value is -0.400. The van der Waals surface area contributed by atoms with Gasteiger partial charge in [0.15, 0.2) is 6.04 Å². The van der Waals surface area contributed by atoms with E-state index < -0.39 is 12.0 Å². The van der Waals surface area contributed by atoms with E-state index in [1.54, 1.807) is 0 Å². The van der Waals surface area contributed by atoms with Crippen LogP contribution in [0.1, 0.15) is 6.42 Å². The van der Waals surface area contributed by atoms with Crippen LogP contribution in [0.4, 0.5) is 0 Å². The predicted molar refractivity (Wildman–Crippen MR) is 72.1 cm³/mol. The molecule has 0 bridgehead atoms. The molecule has 2 saturated heterocycles. The second-order valence-corrected chi connectivity index (χ2v) is 6.85. The van der Waals surface area contributed by atoms with Gasteiger partial charge in [-0.2, -0.15) is 23.5 Å². The number of carboxylic acid groups (broad SMARTS) is 1. The normalized spacial score (nSPS) is 29.0. The van der Waals surface area contributed by atoms with Crippen molar-refractivity contribution >= 4 is 35.4 Å². The molecule has 7 heteroatoms. The molecular formula is C11H17NO4S2. The second kappa shape index (κ2) is 6.68. The van der Waals surface area contributed by atoms with Crippen molar-refractivity contribution in [3.63, 3.8) is 0 Å². The van der Waals surface area contributed by atoms with Crippen LogP contribution in [0.5, 0.6) is 0 Å². The Bertz CT molecular complexity index is 320. The van der Waals surface area contributed by atoms with Gasteiger partial charge in [-0.15, -0.1) is 0 Å². The van der Waals surface area contributed by atoms with Crippen LogP contribution in [-0.4, -0.2) is 70.2 Å². The molecule has 2 heterocycles. The molecule has 102 valence electrons. The maximum Gasteiger partial charge on any atom is 0.328 e. The van der Waals surface area contributed by atoms with E-state index in [0.717, 1.165) is 17.3 Å². The van der Waals surface area contributed by atoms with Crippen molar-refractivity contribution in [1.29, 1.82) is 0 Å². The highest BCUT2D eigenvalue weighted by Gasteiger charge is 2.33. The first-order valence-corrected chi connectivity index (χ1v) is 8.18. The quantitative estimate of drug-likeness (QED) is 0.818. The molecule has 1 N–H and O–H groups in total. The summed E-state index contributed by atoms with van der Waals surface area (Å²) in [5.41, 5.74) is 0. The molecule has 1 amide bonds. The lowest BCUT2D eigenvalue weighted by Crippen LogP contribution is -2.53. The molecule has 2 fully saturated rings. The lowest BCUT2D eigenvalue weighted by Gasteiger charge is -2.34. The molecule has 2 atom stereocenters. The Labute approximate surface area is 115 Å². The Morgan fingerprint density at radius 1 is 1.39 bits per heavy atom. The van der Waals surface area contributed by atoms with Crippen molar-refractivity contribution in [2.24, 2.45) is 0 Å². The minimum absolute atomic E-state index is 0.0503. The average molecular weight is 291 g/mol. The van der Waals surface area contributed by atoms with Crippen LogP contribution < -0.4 is 0 Å². The summed E-state index contributed by atoms with van der Waals surface area (Å²) < 4.78 is 5.13. The van der Waals surface area contributed by atoms with Gasteiger partial charge in [0, 0.05) is 35.5 Å². The summed E-state index contributed by atoms with van der Waals surface area (Å²) in [4.78, 5) is 24.7. The molecule has 2 aliphatic heterocycles. The maximum absolute atomic E-state index is 12.2. The third-order valence-electron chi connectivity index (χ3n) is 3.02. The Balaban J connectivity index is 1.91. The second-order valence-electron chi connectivity index (χ2n) is 4.29. The van der Waals surface area contributed by atoms with Gasteiger partial charge in [0.05, 0.1) is 13.2 Å². The van der Waals surface area contributed by atoms with Gasteiger partial charge in [-0.1, -0.05) is 0 Å². The van der Waals surface area contributed by atoms with E-state index in [0.29, 0.717) is 24.8 Å². The average Bonchev–Trinajstić information content (AvgIpc) is 2.40. The maximum atomic E-state index is 12.2. The Morgan fingerprint density at radius 3 is 2.89 bits per heavy atom.